The molecular weight excluding hydrogens is 405 g/mol. The summed E-state index contributed by atoms with van der Waals surface area (Å²) in [5.41, 5.74) is 0.224. The van der Waals surface area contributed by atoms with Crippen LogP contribution in [0.3, 0.4) is 0 Å². The average Bonchev–Trinajstić information content (AvgIpc) is 3.25. The van der Waals surface area contributed by atoms with Crippen molar-refractivity contribution in [3.8, 4) is 11.3 Å². The predicted molar refractivity (Wildman–Crippen MR) is 103 cm³/mol. The molecule has 0 fully saturated rings. The number of benzene rings is 1. The molecular formula is C19H19F3N4O2S. The van der Waals surface area contributed by atoms with Crippen LogP contribution in [0.1, 0.15) is 23.4 Å². The number of aromatic nitrogens is 3. The van der Waals surface area contributed by atoms with E-state index in [0.29, 0.717) is 5.69 Å². The minimum Gasteiger partial charge on any atom is -0.374 e. The Labute approximate surface area is 169 Å². The van der Waals surface area contributed by atoms with Crippen molar-refractivity contribution >= 4 is 22.4 Å². The predicted octanol–water partition coefficient (Wildman–Crippen LogP) is 3.94. The first-order valence-corrected chi connectivity index (χ1v) is 9.49. The molecule has 1 atom stereocenters. The number of alkyl halides is 3. The van der Waals surface area contributed by atoms with Crippen LogP contribution < -0.4 is 5.32 Å². The lowest BCUT2D eigenvalue weighted by atomic mass is 9.97. The minimum absolute atomic E-state index is 0.146. The Balaban J connectivity index is 1.79. The zero-order valence-electron chi connectivity index (χ0n) is 15.9. The van der Waals surface area contributed by atoms with Gasteiger partial charge in [0, 0.05) is 30.4 Å². The van der Waals surface area contributed by atoms with Crippen molar-refractivity contribution in [3.05, 3.63) is 52.9 Å². The molecule has 3 rings (SSSR count). The van der Waals surface area contributed by atoms with Crippen LogP contribution in [0.2, 0.25) is 0 Å². The topological polar surface area (TPSA) is 80.0 Å². The summed E-state index contributed by atoms with van der Waals surface area (Å²) in [7, 11) is 1.31. The molecule has 0 saturated carbocycles. The summed E-state index contributed by atoms with van der Waals surface area (Å²) in [6.07, 6.45) is -3.93. The van der Waals surface area contributed by atoms with Crippen molar-refractivity contribution in [2.75, 3.05) is 5.32 Å². The van der Waals surface area contributed by atoms with Crippen LogP contribution in [0.4, 0.5) is 18.3 Å². The SMILES string of the molecule is Cc1ccc(-c2csc(NC(=O)CC(O)(c3nccn3C)C(F)(F)F)n2)cc1C. The number of halogens is 3. The third-order valence-corrected chi connectivity index (χ3v) is 5.39. The number of carbonyl (C=O) groups excluding carboxylic acids is 1. The molecule has 1 aromatic carbocycles. The second-order valence-electron chi connectivity index (χ2n) is 6.78. The highest BCUT2D eigenvalue weighted by Gasteiger charge is 2.58. The summed E-state index contributed by atoms with van der Waals surface area (Å²) < 4.78 is 41.7. The summed E-state index contributed by atoms with van der Waals surface area (Å²) >= 11 is 1.09. The van der Waals surface area contributed by atoms with Gasteiger partial charge >= 0.3 is 6.18 Å². The second kappa shape index (κ2) is 7.60. The lowest BCUT2D eigenvalue weighted by Crippen LogP contribution is -2.46. The quantitative estimate of drug-likeness (QED) is 0.650. The van der Waals surface area contributed by atoms with Gasteiger partial charge in [-0.25, -0.2) is 9.97 Å². The number of imidazole rings is 1. The van der Waals surface area contributed by atoms with Crippen LogP contribution in [-0.2, 0) is 17.4 Å². The van der Waals surface area contributed by atoms with Gasteiger partial charge in [-0.3, -0.25) is 4.79 Å². The zero-order valence-corrected chi connectivity index (χ0v) is 16.7. The molecule has 154 valence electrons. The summed E-state index contributed by atoms with van der Waals surface area (Å²) in [5, 5.41) is 14.5. The third kappa shape index (κ3) is 4.18. The van der Waals surface area contributed by atoms with Gasteiger partial charge in [-0.2, -0.15) is 13.2 Å². The van der Waals surface area contributed by atoms with E-state index in [1.54, 1.807) is 5.38 Å². The van der Waals surface area contributed by atoms with E-state index in [1.165, 1.54) is 13.2 Å². The molecule has 1 unspecified atom stereocenters. The number of thiazole rings is 1. The Morgan fingerprint density at radius 1 is 1.28 bits per heavy atom. The monoisotopic (exact) mass is 424 g/mol. The molecule has 1 amide bonds. The van der Waals surface area contributed by atoms with Gasteiger partial charge in [0.2, 0.25) is 11.5 Å². The molecule has 3 aromatic rings. The molecule has 0 spiro atoms. The van der Waals surface area contributed by atoms with Crippen LogP contribution in [0.25, 0.3) is 11.3 Å². The van der Waals surface area contributed by atoms with Gasteiger partial charge < -0.3 is 15.0 Å². The average molecular weight is 424 g/mol. The molecule has 6 nitrogen and oxygen atoms in total. The molecule has 0 aliphatic carbocycles. The normalized spacial score (nSPS) is 13.9. The maximum absolute atomic E-state index is 13.5. The fourth-order valence-electron chi connectivity index (χ4n) is 2.83. The first-order valence-electron chi connectivity index (χ1n) is 8.61. The maximum atomic E-state index is 13.5. The number of carbonyl (C=O) groups is 1. The largest absolute Gasteiger partial charge is 0.425 e. The number of anilines is 1. The molecule has 0 aliphatic rings. The van der Waals surface area contributed by atoms with Gasteiger partial charge in [-0.15, -0.1) is 11.3 Å². The Morgan fingerprint density at radius 2 is 2.00 bits per heavy atom. The first-order chi connectivity index (χ1) is 13.5. The highest BCUT2D eigenvalue weighted by Crippen LogP contribution is 2.41. The van der Waals surface area contributed by atoms with Crippen LogP contribution in [0.15, 0.2) is 36.0 Å². The number of hydrogen-bond acceptors (Lipinski definition) is 5. The summed E-state index contributed by atoms with van der Waals surface area (Å²) in [6, 6.07) is 5.77. The molecule has 2 aromatic heterocycles. The number of nitrogens with zero attached hydrogens (tertiary/aromatic N) is 3. The summed E-state index contributed by atoms with van der Waals surface area (Å²) in [4.78, 5) is 20.1. The molecule has 0 radical (unpaired) electrons. The van der Waals surface area contributed by atoms with Gasteiger partial charge in [0.25, 0.3) is 0 Å². The highest BCUT2D eigenvalue weighted by atomic mass is 32.1. The van der Waals surface area contributed by atoms with Gasteiger partial charge in [0.05, 0.1) is 12.1 Å². The minimum atomic E-state index is -5.09. The van der Waals surface area contributed by atoms with Crippen LogP contribution >= 0.6 is 11.3 Å². The van der Waals surface area contributed by atoms with Gasteiger partial charge in [0.15, 0.2) is 11.0 Å². The van der Waals surface area contributed by atoms with E-state index in [4.69, 9.17) is 0 Å². The number of aliphatic hydroxyl groups is 1. The molecule has 0 saturated heterocycles. The van der Waals surface area contributed by atoms with Gasteiger partial charge in [-0.1, -0.05) is 12.1 Å². The van der Waals surface area contributed by atoms with Crippen molar-refractivity contribution in [2.45, 2.75) is 32.0 Å². The molecule has 29 heavy (non-hydrogen) atoms. The number of nitrogens with one attached hydrogen (secondary N) is 1. The summed E-state index contributed by atoms with van der Waals surface area (Å²) in [6.45, 7) is 3.94. The van der Waals surface area contributed by atoms with E-state index in [9.17, 15) is 23.1 Å². The smallest absolute Gasteiger partial charge is 0.374 e. The van der Waals surface area contributed by atoms with E-state index < -0.39 is 29.9 Å². The lowest BCUT2D eigenvalue weighted by Gasteiger charge is -2.29. The maximum Gasteiger partial charge on any atom is 0.425 e. The standard InChI is InChI=1S/C19H19F3N4O2S/c1-11-4-5-13(8-12(11)2)14-10-29-17(24-14)25-15(27)9-18(28,19(20,21)22)16-23-6-7-26(16)3/h4-8,10,28H,9H2,1-3H3,(H,24,25,27). The first kappa shape index (κ1) is 21.0. The Morgan fingerprint density at radius 3 is 2.59 bits per heavy atom. The van der Waals surface area contributed by atoms with Crippen molar-refractivity contribution < 1.29 is 23.1 Å². The third-order valence-electron chi connectivity index (χ3n) is 4.63. The number of rotatable bonds is 5. The number of hydrogen-bond donors (Lipinski definition) is 2. The molecule has 2 N–H and O–H groups in total. The number of amides is 1. The van der Waals surface area contributed by atoms with E-state index in [0.717, 1.165) is 38.8 Å². The van der Waals surface area contributed by atoms with Gasteiger partial charge in [-0.05, 0) is 31.0 Å². The van der Waals surface area contributed by atoms with Crippen molar-refractivity contribution in [2.24, 2.45) is 7.05 Å². The van der Waals surface area contributed by atoms with Crippen molar-refractivity contribution in [3.63, 3.8) is 0 Å². The van der Waals surface area contributed by atoms with Crippen molar-refractivity contribution in [1.29, 1.82) is 0 Å². The molecule has 0 bridgehead atoms. The zero-order chi connectivity index (χ0) is 21.4. The fraction of sp³-hybridized carbons (Fsp3) is 0.316. The molecule has 2 heterocycles. The van der Waals surface area contributed by atoms with Crippen molar-refractivity contribution in [1.82, 2.24) is 14.5 Å². The van der Waals surface area contributed by atoms with E-state index >= 15 is 0 Å². The van der Waals surface area contributed by atoms with Gasteiger partial charge in [0.1, 0.15) is 0 Å². The Bertz CT molecular complexity index is 1040. The van der Waals surface area contributed by atoms with E-state index in [-0.39, 0.29) is 5.13 Å². The van der Waals surface area contributed by atoms with Crippen LogP contribution in [0.5, 0.6) is 0 Å². The lowest BCUT2D eigenvalue weighted by molar-refractivity contribution is -0.270. The second-order valence-corrected chi connectivity index (χ2v) is 7.64. The van der Waals surface area contributed by atoms with Crippen LogP contribution in [0, 0.1) is 13.8 Å². The highest BCUT2D eigenvalue weighted by molar-refractivity contribution is 7.14. The fourth-order valence-corrected chi connectivity index (χ4v) is 3.57. The molecule has 0 aliphatic heterocycles. The van der Waals surface area contributed by atoms with Crippen LogP contribution in [-0.4, -0.2) is 31.7 Å². The molecule has 10 heteroatoms. The summed E-state index contributed by atoms with van der Waals surface area (Å²) in [5.74, 6) is -1.68. The Kier molecular flexibility index (Phi) is 5.50. The van der Waals surface area contributed by atoms with E-state index in [1.807, 2.05) is 32.0 Å². The number of aryl methyl sites for hydroxylation is 3. The van der Waals surface area contributed by atoms with E-state index in [2.05, 4.69) is 15.3 Å². The Hall–Kier alpha value is -2.72.